The van der Waals surface area contributed by atoms with Crippen LogP contribution in [0.25, 0.3) is 0 Å². The second-order valence-corrected chi connectivity index (χ2v) is 4.86. The molecule has 5 heteroatoms. The molecular weight excluding hydrogens is 216 g/mol. The van der Waals surface area contributed by atoms with Crippen LogP contribution >= 0.6 is 0 Å². The smallest absolute Gasteiger partial charge is 0.371 e. The van der Waals surface area contributed by atoms with Gasteiger partial charge in [-0.05, 0) is 19.4 Å². The Morgan fingerprint density at radius 1 is 1.60 bits per heavy atom. The first-order valence-electron chi connectivity index (χ1n) is 4.72. The summed E-state index contributed by atoms with van der Waals surface area (Å²) in [7, 11) is -0.934. The minimum Gasteiger partial charge on any atom is -0.475 e. The number of hydrogen-bond donors (Lipinski definition) is 1. The maximum Gasteiger partial charge on any atom is 0.371 e. The molecule has 84 valence electrons. The maximum atomic E-state index is 11.5. The third kappa shape index (κ3) is 3.20. The molecule has 0 aliphatic heterocycles. The van der Waals surface area contributed by atoms with Crippen molar-refractivity contribution >= 4 is 16.8 Å². The molecule has 1 heterocycles. The fraction of sp³-hybridized carbons (Fsp3) is 0.500. The summed E-state index contributed by atoms with van der Waals surface area (Å²) in [6, 6.07) is 1.45. The topological polar surface area (TPSA) is 67.5 Å². The van der Waals surface area contributed by atoms with E-state index in [9.17, 15) is 9.00 Å². The Morgan fingerprint density at radius 2 is 2.27 bits per heavy atom. The van der Waals surface area contributed by atoms with Crippen LogP contribution in [0.3, 0.4) is 0 Å². The van der Waals surface area contributed by atoms with Crippen molar-refractivity contribution in [1.82, 2.24) is 0 Å². The Morgan fingerprint density at radius 3 is 2.73 bits per heavy atom. The van der Waals surface area contributed by atoms with Gasteiger partial charge in [-0.25, -0.2) is 4.79 Å². The second-order valence-electron chi connectivity index (χ2n) is 3.29. The third-order valence-corrected chi connectivity index (χ3v) is 3.48. The van der Waals surface area contributed by atoms with Crippen molar-refractivity contribution in [2.75, 3.05) is 5.75 Å². The lowest BCUT2D eigenvalue weighted by Gasteiger charge is -1.97. The molecule has 0 saturated heterocycles. The third-order valence-electron chi connectivity index (χ3n) is 1.98. The first-order chi connectivity index (χ1) is 7.04. The predicted molar refractivity (Wildman–Crippen MR) is 57.4 cm³/mol. The summed E-state index contributed by atoms with van der Waals surface area (Å²) in [5, 5.41) is 8.69. The molecule has 0 aromatic carbocycles. The van der Waals surface area contributed by atoms with Gasteiger partial charge in [0.05, 0.1) is 5.75 Å². The van der Waals surface area contributed by atoms with E-state index in [1.807, 2.05) is 6.92 Å². The van der Waals surface area contributed by atoms with E-state index in [2.05, 4.69) is 0 Å². The summed E-state index contributed by atoms with van der Waals surface area (Å²) in [5.41, 5.74) is 0.721. The van der Waals surface area contributed by atoms with Gasteiger partial charge < -0.3 is 9.52 Å². The molecule has 1 unspecified atom stereocenters. The lowest BCUT2D eigenvalue weighted by Crippen LogP contribution is -2.00. The summed E-state index contributed by atoms with van der Waals surface area (Å²) in [5.74, 6) is 0.363. The molecule has 0 fully saturated rings. The van der Waals surface area contributed by atoms with Gasteiger partial charge >= 0.3 is 5.97 Å². The van der Waals surface area contributed by atoms with Crippen LogP contribution in [0.5, 0.6) is 0 Å². The molecular formula is C10H14O4S. The highest BCUT2D eigenvalue weighted by atomic mass is 32.2. The fourth-order valence-corrected chi connectivity index (χ4v) is 2.47. The second kappa shape index (κ2) is 5.11. The molecule has 0 saturated carbocycles. The van der Waals surface area contributed by atoms with Gasteiger partial charge in [0.1, 0.15) is 5.76 Å². The van der Waals surface area contributed by atoms with E-state index in [0.29, 0.717) is 17.3 Å². The van der Waals surface area contributed by atoms with E-state index in [-0.39, 0.29) is 5.76 Å². The molecule has 1 atom stereocenters. The highest BCUT2D eigenvalue weighted by Crippen LogP contribution is 2.16. The minimum atomic E-state index is -1.09. The normalized spacial score (nSPS) is 12.7. The van der Waals surface area contributed by atoms with E-state index in [1.165, 1.54) is 6.07 Å². The fourth-order valence-electron chi connectivity index (χ4n) is 1.24. The van der Waals surface area contributed by atoms with Crippen LogP contribution < -0.4 is 0 Å². The Balaban J connectivity index is 2.77. The summed E-state index contributed by atoms with van der Waals surface area (Å²) < 4.78 is 16.5. The van der Waals surface area contributed by atoms with Crippen LogP contribution in [-0.2, 0) is 16.6 Å². The van der Waals surface area contributed by atoms with E-state index in [4.69, 9.17) is 9.52 Å². The maximum absolute atomic E-state index is 11.5. The Labute approximate surface area is 90.7 Å². The number of carboxylic acid groups (broad SMARTS) is 1. The summed E-state index contributed by atoms with van der Waals surface area (Å²) >= 11 is 0. The predicted octanol–water partition coefficient (Wildman–Crippen LogP) is 1.94. The SMILES string of the molecule is CCCS(=O)Cc1cc(C(=O)O)oc1C. The Hall–Kier alpha value is -1.10. The molecule has 0 radical (unpaired) electrons. The van der Waals surface area contributed by atoms with Gasteiger partial charge in [0.25, 0.3) is 0 Å². The number of aromatic carboxylic acids is 1. The molecule has 0 aliphatic rings. The largest absolute Gasteiger partial charge is 0.475 e. The monoisotopic (exact) mass is 230 g/mol. The zero-order valence-corrected chi connectivity index (χ0v) is 9.60. The summed E-state index contributed by atoms with van der Waals surface area (Å²) in [6.45, 7) is 3.65. The van der Waals surface area contributed by atoms with Crippen molar-refractivity contribution in [1.29, 1.82) is 0 Å². The number of hydrogen-bond acceptors (Lipinski definition) is 3. The van der Waals surface area contributed by atoms with Crippen LogP contribution in [0.15, 0.2) is 10.5 Å². The number of aryl methyl sites for hydroxylation is 1. The summed E-state index contributed by atoms with van der Waals surface area (Å²) in [6.07, 6.45) is 0.856. The summed E-state index contributed by atoms with van der Waals surface area (Å²) in [4.78, 5) is 10.6. The van der Waals surface area contributed by atoms with Crippen LogP contribution in [0.2, 0.25) is 0 Å². The zero-order chi connectivity index (χ0) is 11.4. The van der Waals surface area contributed by atoms with Gasteiger partial charge in [-0.1, -0.05) is 6.92 Å². The van der Waals surface area contributed by atoms with Gasteiger partial charge in [0.15, 0.2) is 0 Å². The van der Waals surface area contributed by atoms with Crippen molar-refractivity contribution in [3.05, 3.63) is 23.2 Å². The highest BCUT2D eigenvalue weighted by Gasteiger charge is 2.14. The van der Waals surface area contributed by atoms with Crippen molar-refractivity contribution in [2.45, 2.75) is 26.0 Å². The first kappa shape index (κ1) is 12.0. The average molecular weight is 230 g/mol. The molecule has 4 nitrogen and oxygen atoms in total. The highest BCUT2D eigenvalue weighted by molar-refractivity contribution is 7.84. The number of furan rings is 1. The number of carbonyl (C=O) groups is 1. The van der Waals surface area contributed by atoms with Gasteiger partial charge in [-0.2, -0.15) is 0 Å². The number of rotatable bonds is 5. The van der Waals surface area contributed by atoms with Crippen LogP contribution in [0.1, 0.15) is 35.2 Å². The molecule has 1 aromatic heterocycles. The standard InChI is InChI=1S/C10H14O4S/c1-3-4-15(13)6-8-5-9(10(11)12)14-7(8)2/h5H,3-4,6H2,1-2H3,(H,11,12). The van der Waals surface area contributed by atoms with E-state index in [1.54, 1.807) is 6.92 Å². The number of carboxylic acids is 1. The van der Waals surface area contributed by atoms with Crippen molar-refractivity contribution in [3.8, 4) is 0 Å². The van der Waals surface area contributed by atoms with Crippen molar-refractivity contribution in [2.24, 2.45) is 0 Å². The lowest BCUT2D eigenvalue weighted by atomic mass is 10.3. The van der Waals surface area contributed by atoms with Gasteiger partial charge in [0.2, 0.25) is 5.76 Å². The molecule has 1 N–H and O–H groups in total. The zero-order valence-electron chi connectivity index (χ0n) is 8.78. The van der Waals surface area contributed by atoms with Crippen LogP contribution in [0, 0.1) is 6.92 Å². The molecule has 1 rings (SSSR count). The lowest BCUT2D eigenvalue weighted by molar-refractivity contribution is 0.0661. The van der Waals surface area contributed by atoms with Gasteiger partial charge in [-0.15, -0.1) is 0 Å². The molecule has 0 aliphatic carbocycles. The van der Waals surface area contributed by atoms with Crippen molar-refractivity contribution in [3.63, 3.8) is 0 Å². The molecule has 0 amide bonds. The Bertz CT molecular complexity index is 381. The Kier molecular flexibility index (Phi) is 4.08. The molecule has 0 spiro atoms. The quantitative estimate of drug-likeness (QED) is 0.839. The average Bonchev–Trinajstić information content (AvgIpc) is 2.48. The molecule has 0 bridgehead atoms. The van der Waals surface area contributed by atoms with E-state index in [0.717, 1.165) is 12.0 Å². The van der Waals surface area contributed by atoms with E-state index >= 15 is 0 Å². The minimum absolute atomic E-state index is 0.0870. The van der Waals surface area contributed by atoms with Gasteiger partial charge in [0, 0.05) is 22.1 Å². The molecule has 15 heavy (non-hydrogen) atoms. The van der Waals surface area contributed by atoms with Crippen molar-refractivity contribution < 1.29 is 18.5 Å². The van der Waals surface area contributed by atoms with Gasteiger partial charge in [-0.3, -0.25) is 4.21 Å². The van der Waals surface area contributed by atoms with Crippen LogP contribution in [0.4, 0.5) is 0 Å². The molecule has 1 aromatic rings. The van der Waals surface area contributed by atoms with Crippen LogP contribution in [-0.4, -0.2) is 21.0 Å². The van der Waals surface area contributed by atoms with E-state index < -0.39 is 16.8 Å². The first-order valence-corrected chi connectivity index (χ1v) is 6.21.